The second kappa shape index (κ2) is 2.03. The molecule has 3 heterocycles. The molecule has 0 bridgehead atoms. The molecule has 0 fully saturated rings. The monoisotopic (exact) mass is 158 g/mol. The van der Waals surface area contributed by atoms with Gasteiger partial charge in [0.05, 0.1) is 0 Å². The molecule has 0 spiro atoms. The van der Waals surface area contributed by atoms with Crippen LogP contribution in [0.15, 0.2) is 48.3 Å². The van der Waals surface area contributed by atoms with Gasteiger partial charge in [-0.1, -0.05) is 12.2 Å². The van der Waals surface area contributed by atoms with E-state index in [9.17, 15) is 0 Å². The topological polar surface area (TPSA) is 6.48 Å². The van der Waals surface area contributed by atoms with Crippen molar-refractivity contribution in [1.29, 1.82) is 0 Å². The minimum atomic E-state index is 1.05. The summed E-state index contributed by atoms with van der Waals surface area (Å²) >= 11 is 0. The van der Waals surface area contributed by atoms with E-state index in [1.165, 1.54) is 11.5 Å². The van der Waals surface area contributed by atoms with Gasteiger partial charge in [0.25, 0.3) is 0 Å². The molecular formula is C10H10N2. The van der Waals surface area contributed by atoms with E-state index in [2.05, 4.69) is 46.6 Å². The van der Waals surface area contributed by atoms with E-state index in [-0.39, 0.29) is 0 Å². The van der Waals surface area contributed by atoms with Gasteiger partial charge in [-0.3, -0.25) is 0 Å². The summed E-state index contributed by atoms with van der Waals surface area (Å²) in [6, 6.07) is 0. The molecule has 0 atom stereocenters. The zero-order valence-corrected chi connectivity index (χ0v) is 6.77. The van der Waals surface area contributed by atoms with Gasteiger partial charge in [0.2, 0.25) is 0 Å². The fourth-order valence-electron chi connectivity index (χ4n) is 1.83. The van der Waals surface area contributed by atoms with Crippen molar-refractivity contribution in [2.24, 2.45) is 0 Å². The molecule has 60 valence electrons. The van der Waals surface area contributed by atoms with E-state index in [1.807, 2.05) is 0 Å². The molecule has 3 rings (SSSR count). The lowest BCUT2D eigenvalue weighted by Crippen LogP contribution is -2.16. The normalized spacial score (nSPS) is 24.0. The molecule has 0 saturated carbocycles. The maximum atomic E-state index is 2.25. The highest BCUT2D eigenvalue weighted by atomic mass is 15.4. The number of rotatable bonds is 0. The van der Waals surface area contributed by atoms with E-state index < -0.39 is 0 Å². The average Bonchev–Trinajstić information content (AvgIpc) is 2.62. The predicted molar refractivity (Wildman–Crippen MR) is 47.4 cm³/mol. The van der Waals surface area contributed by atoms with Gasteiger partial charge in [-0.15, -0.1) is 0 Å². The van der Waals surface area contributed by atoms with Crippen LogP contribution >= 0.6 is 0 Å². The van der Waals surface area contributed by atoms with E-state index in [0.717, 1.165) is 12.8 Å². The van der Waals surface area contributed by atoms with E-state index in [1.54, 1.807) is 0 Å². The third-order valence-electron chi connectivity index (χ3n) is 2.39. The number of fused-ring (bicyclic) bond motifs is 3. The second-order valence-electron chi connectivity index (χ2n) is 3.17. The summed E-state index contributed by atoms with van der Waals surface area (Å²) in [7, 11) is 0. The molecule has 0 amide bonds. The first-order chi connectivity index (χ1) is 5.95. The maximum absolute atomic E-state index is 2.25. The Morgan fingerprint density at radius 1 is 1.17 bits per heavy atom. The van der Waals surface area contributed by atoms with Crippen LogP contribution in [-0.2, 0) is 0 Å². The molecule has 0 N–H and O–H groups in total. The summed E-state index contributed by atoms with van der Waals surface area (Å²) in [4.78, 5) is 4.44. The van der Waals surface area contributed by atoms with Crippen LogP contribution in [0.3, 0.4) is 0 Å². The lowest BCUT2D eigenvalue weighted by atomic mass is 10.3. The van der Waals surface area contributed by atoms with Crippen molar-refractivity contribution in [2.75, 3.05) is 0 Å². The SMILES string of the molecule is C1=CN2C=C3CC=CN3C2=CC1. The summed E-state index contributed by atoms with van der Waals surface area (Å²) in [5.41, 5.74) is 1.38. The molecule has 3 aliphatic heterocycles. The van der Waals surface area contributed by atoms with Gasteiger partial charge >= 0.3 is 0 Å². The Balaban J connectivity index is 2.06. The van der Waals surface area contributed by atoms with Crippen LogP contribution in [0.25, 0.3) is 0 Å². The molecule has 0 aromatic heterocycles. The number of nitrogens with zero attached hydrogens (tertiary/aromatic N) is 2. The van der Waals surface area contributed by atoms with E-state index >= 15 is 0 Å². The quantitative estimate of drug-likeness (QED) is 0.532. The Morgan fingerprint density at radius 3 is 3.17 bits per heavy atom. The van der Waals surface area contributed by atoms with Crippen LogP contribution in [0.4, 0.5) is 0 Å². The van der Waals surface area contributed by atoms with Crippen LogP contribution in [0.1, 0.15) is 12.8 Å². The fourth-order valence-corrected chi connectivity index (χ4v) is 1.83. The van der Waals surface area contributed by atoms with Gasteiger partial charge in [0.1, 0.15) is 5.82 Å². The molecule has 0 saturated heterocycles. The molecule has 2 nitrogen and oxygen atoms in total. The van der Waals surface area contributed by atoms with Crippen molar-refractivity contribution in [3.8, 4) is 0 Å². The predicted octanol–water partition coefficient (Wildman–Crippen LogP) is 2.12. The second-order valence-corrected chi connectivity index (χ2v) is 3.17. The minimum absolute atomic E-state index is 1.05. The zero-order chi connectivity index (χ0) is 7.97. The summed E-state index contributed by atoms with van der Waals surface area (Å²) < 4.78 is 0. The summed E-state index contributed by atoms with van der Waals surface area (Å²) in [5, 5.41) is 0. The Labute approximate surface area is 71.8 Å². The third kappa shape index (κ3) is 0.644. The smallest absolute Gasteiger partial charge is 0.117 e. The van der Waals surface area contributed by atoms with Crippen LogP contribution in [0.5, 0.6) is 0 Å². The molecule has 3 aliphatic rings. The highest BCUT2D eigenvalue weighted by Crippen LogP contribution is 2.34. The van der Waals surface area contributed by atoms with Crippen LogP contribution in [0, 0.1) is 0 Å². The number of hydrogen-bond donors (Lipinski definition) is 0. The van der Waals surface area contributed by atoms with Crippen molar-refractivity contribution < 1.29 is 0 Å². The fraction of sp³-hybridized carbons (Fsp3) is 0.200. The standard InChI is InChI=1S/C10H10N2/c1-2-6-11-8-9-4-3-7-12(9)10(11)5-1/h2-3,5-8H,1,4H2. The van der Waals surface area contributed by atoms with Gasteiger partial charge in [0.15, 0.2) is 0 Å². The van der Waals surface area contributed by atoms with E-state index in [4.69, 9.17) is 0 Å². The first-order valence-corrected chi connectivity index (χ1v) is 4.27. The molecule has 0 aromatic carbocycles. The van der Waals surface area contributed by atoms with E-state index in [0.29, 0.717) is 0 Å². The van der Waals surface area contributed by atoms with Crippen molar-refractivity contribution >= 4 is 0 Å². The third-order valence-corrected chi connectivity index (χ3v) is 2.39. The van der Waals surface area contributed by atoms with Crippen LogP contribution in [0.2, 0.25) is 0 Å². The van der Waals surface area contributed by atoms with Crippen molar-refractivity contribution in [2.45, 2.75) is 12.8 Å². The summed E-state index contributed by atoms with van der Waals surface area (Å²) in [5.74, 6) is 1.29. The lowest BCUT2D eigenvalue weighted by molar-refractivity contribution is 0.487. The molecular weight excluding hydrogens is 148 g/mol. The molecule has 0 radical (unpaired) electrons. The minimum Gasteiger partial charge on any atom is -0.309 e. The van der Waals surface area contributed by atoms with Crippen LogP contribution in [-0.4, -0.2) is 9.80 Å². The molecule has 2 heteroatoms. The summed E-state index contributed by atoms with van der Waals surface area (Å²) in [6.07, 6.45) is 15.2. The highest BCUT2D eigenvalue weighted by molar-refractivity contribution is 5.34. The molecule has 0 aromatic rings. The van der Waals surface area contributed by atoms with Crippen molar-refractivity contribution in [3.05, 3.63) is 48.3 Å². The van der Waals surface area contributed by atoms with Gasteiger partial charge < -0.3 is 9.80 Å². The molecule has 0 unspecified atom stereocenters. The molecule has 0 aliphatic carbocycles. The van der Waals surface area contributed by atoms with Gasteiger partial charge in [-0.05, 0) is 12.5 Å². The van der Waals surface area contributed by atoms with Gasteiger partial charge in [-0.25, -0.2) is 0 Å². The Kier molecular flexibility index (Phi) is 1.04. The Hall–Kier alpha value is -1.44. The highest BCUT2D eigenvalue weighted by Gasteiger charge is 2.26. The average molecular weight is 158 g/mol. The maximum Gasteiger partial charge on any atom is 0.117 e. The number of hydrogen-bond acceptors (Lipinski definition) is 2. The van der Waals surface area contributed by atoms with Crippen molar-refractivity contribution in [1.82, 2.24) is 9.80 Å². The lowest BCUT2D eigenvalue weighted by Gasteiger charge is -2.21. The largest absolute Gasteiger partial charge is 0.309 e. The van der Waals surface area contributed by atoms with Crippen LogP contribution < -0.4 is 0 Å². The molecule has 12 heavy (non-hydrogen) atoms. The zero-order valence-electron chi connectivity index (χ0n) is 6.77. The Bertz CT molecular complexity index is 332. The first kappa shape index (κ1) is 6.12. The first-order valence-electron chi connectivity index (χ1n) is 4.27. The summed E-state index contributed by atoms with van der Waals surface area (Å²) in [6.45, 7) is 0. The number of allylic oxidation sites excluding steroid dienone is 3. The van der Waals surface area contributed by atoms with Gasteiger partial charge in [-0.2, -0.15) is 0 Å². The Morgan fingerprint density at radius 2 is 2.17 bits per heavy atom. The van der Waals surface area contributed by atoms with Crippen molar-refractivity contribution in [3.63, 3.8) is 0 Å². The van der Waals surface area contributed by atoms with Gasteiger partial charge in [0, 0.05) is 30.7 Å².